The van der Waals surface area contributed by atoms with E-state index in [1.54, 1.807) is 6.92 Å². The molecule has 4 rings (SSSR count). The topological polar surface area (TPSA) is 127 Å². The molecule has 0 spiro atoms. The summed E-state index contributed by atoms with van der Waals surface area (Å²) >= 11 is 0. The Morgan fingerprint density at radius 2 is 1.50 bits per heavy atom. The molecule has 0 bridgehead atoms. The van der Waals surface area contributed by atoms with Crippen molar-refractivity contribution in [3.8, 4) is 0 Å². The van der Waals surface area contributed by atoms with Gasteiger partial charge in [-0.2, -0.15) is 0 Å². The number of carbonyl (C=O) groups excluding carboxylic acids is 2. The van der Waals surface area contributed by atoms with Crippen molar-refractivity contribution in [2.45, 2.75) is 80.6 Å². The predicted octanol–water partition coefficient (Wildman–Crippen LogP) is 4.05. The van der Waals surface area contributed by atoms with E-state index in [4.69, 9.17) is 0 Å². The molecule has 40 heavy (non-hydrogen) atoms. The second-order valence-corrected chi connectivity index (χ2v) is 10.4. The highest BCUT2D eigenvalue weighted by Gasteiger charge is 2.24. The van der Waals surface area contributed by atoms with E-state index in [2.05, 4.69) is 34.1 Å². The second-order valence-electron chi connectivity index (χ2n) is 10.4. The number of carbonyl (C=O) groups is 3. The minimum atomic E-state index is -0.859. The summed E-state index contributed by atoms with van der Waals surface area (Å²) in [6, 6.07) is 0. The zero-order valence-electron chi connectivity index (χ0n) is 24.4. The summed E-state index contributed by atoms with van der Waals surface area (Å²) in [7, 11) is 0. The Kier molecular flexibility index (Phi) is 8.28. The van der Waals surface area contributed by atoms with Crippen molar-refractivity contribution in [2.24, 2.45) is 4.99 Å². The molecule has 0 atom stereocenters. The van der Waals surface area contributed by atoms with Crippen molar-refractivity contribution in [3.63, 3.8) is 0 Å². The lowest BCUT2D eigenvalue weighted by Gasteiger charge is -2.03. The van der Waals surface area contributed by atoms with Gasteiger partial charge in [-0.05, 0) is 105 Å². The third-order valence-electron chi connectivity index (χ3n) is 8.08. The van der Waals surface area contributed by atoms with Crippen LogP contribution in [0, 0.1) is 13.8 Å². The maximum absolute atomic E-state index is 12.3. The average molecular weight is 543 g/mol. The number of aromatic nitrogens is 2. The Labute approximate surface area is 234 Å². The number of hydrogen-bond acceptors (Lipinski definition) is 3. The van der Waals surface area contributed by atoms with E-state index in [0.29, 0.717) is 24.1 Å². The van der Waals surface area contributed by atoms with Gasteiger partial charge < -0.3 is 20.4 Å². The van der Waals surface area contributed by atoms with Crippen LogP contribution < -0.4 is 16.0 Å². The third-order valence-corrected chi connectivity index (χ3v) is 8.08. The number of allylic oxidation sites excluding steroid dienone is 2. The van der Waals surface area contributed by atoms with E-state index in [1.807, 2.05) is 45.9 Å². The van der Waals surface area contributed by atoms with Crippen LogP contribution in [0.2, 0.25) is 0 Å². The Bertz CT molecular complexity index is 1670. The zero-order valence-corrected chi connectivity index (χ0v) is 24.4. The van der Waals surface area contributed by atoms with Crippen LogP contribution in [0.1, 0.15) is 87.5 Å². The van der Waals surface area contributed by atoms with Crippen LogP contribution in [-0.2, 0) is 27.2 Å². The molecular formula is C32H38N4O4. The number of amides is 2. The predicted molar refractivity (Wildman–Crippen MR) is 158 cm³/mol. The molecular weight excluding hydrogens is 504 g/mol. The van der Waals surface area contributed by atoms with Crippen LogP contribution in [0.5, 0.6) is 0 Å². The lowest BCUT2D eigenvalue weighted by molar-refractivity contribution is -0.137. The van der Waals surface area contributed by atoms with Crippen molar-refractivity contribution in [1.29, 1.82) is 0 Å². The fourth-order valence-electron chi connectivity index (χ4n) is 5.68. The lowest BCUT2D eigenvalue weighted by atomic mass is 10.0. The summed E-state index contributed by atoms with van der Waals surface area (Å²) in [4.78, 5) is 47.3. The van der Waals surface area contributed by atoms with E-state index < -0.39 is 5.97 Å². The molecule has 0 aromatic carbocycles. The molecule has 8 heteroatoms. The van der Waals surface area contributed by atoms with Crippen LogP contribution >= 0.6 is 0 Å². The van der Waals surface area contributed by atoms with Gasteiger partial charge in [0.05, 0.1) is 5.71 Å². The molecule has 0 saturated heterocycles. The molecule has 0 aliphatic carbocycles. The molecule has 8 nitrogen and oxygen atoms in total. The largest absolute Gasteiger partial charge is 0.481 e. The standard InChI is InChI=1S/C32H38N4O4/c1-8-20-16(4)24(13-27-21(9-2)18(6)31(39)35-27)33-26(20)15-29-23(11-12-30(37)38)17(5)25(34-29)14-28-22(10-3)19(7)32(40)36-28/h13-15,33-34H,8-12H2,1-7H3,(H,35,39)(H,37,38)/b25-14+,27-13-,29-15+. The SMILES string of the molecule is CCC1=C(C)C(=O)N=C1/C=c1/[nH]/c(=C/c2[nH]c(/C=C3\NC(=O)C(C)=C3CC)c(C)c2CC)c(CCC(=O)O)c1C. The van der Waals surface area contributed by atoms with E-state index in [1.165, 1.54) is 0 Å². The molecule has 210 valence electrons. The number of carboxylic acids is 1. The number of nitrogens with zero attached hydrogens (tertiary/aromatic N) is 1. The first-order chi connectivity index (χ1) is 19.0. The maximum Gasteiger partial charge on any atom is 0.303 e. The number of carboxylic acid groups (broad SMARTS) is 1. The van der Waals surface area contributed by atoms with Gasteiger partial charge in [0, 0.05) is 45.4 Å². The van der Waals surface area contributed by atoms with Crippen LogP contribution in [-0.4, -0.2) is 38.6 Å². The van der Waals surface area contributed by atoms with Crippen molar-refractivity contribution in [3.05, 3.63) is 72.3 Å². The number of aliphatic carboxylic acids is 1. The first-order valence-corrected chi connectivity index (χ1v) is 13.9. The summed E-state index contributed by atoms with van der Waals surface area (Å²) in [5.41, 5.74) is 10.8. The number of aromatic amines is 2. The van der Waals surface area contributed by atoms with Crippen LogP contribution in [0.3, 0.4) is 0 Å². The van der Waals surface area contributed by atoms with Crippen molar-refractivity contribution in [2.75, 3.05) is 0 Å². The second kappa shape index (κ2) is 11.5. The third kappa shape index (κ3) is 5.30. The van der Waals surface area contributed by atoms with Gasteiger partial charge in [0.1, 0.15) is 0 Å². The Hall–Kier alpha value is -4.20. The van der Waals surface area contributed by atoms with Crippen molar-refractivity contribution >= 4 is 41.7 Å². The molecule has 2 amide bonds. The normalized spacial score (nSPS) is 17.7. The highest BCUT2D eigenvalue weighted by Crippen LogP contribution is 2.28. The van der Waals surface area contributed by atoms with Gasteiger partial charge in [-0.15, -0.1) is 0 Å². The van der Waals surface area contributed by atoms with Gasteiger partial charge in [-0.25, -0.2) is 4.99 Å². The highest BCUT2D eigenvalue weighted by molar-refractivity contribution is 6.30. The highest BCUT2D eigenvalue weighted by atomic mass is 16.4. The molecule has 0 radical (unpaired) electrons. The first-order valence-electron chi connectivity index (χ1n) is 13.9. The summed E-state index contributed by atoms with van der Waals surface area (Å²) in [5, 5.41) is 14.0. The molecule has 4 heterocycles. The molecule has 2 aromatic heterocycles. The molecule has 2 aliphatic heterocycles. The molecule has 2 aromatic rings. The number of H-pyrrole nitrogens is 2. The molecule has 2 aliphatic rings. The van der Waals surface area contributed by atoms with E-state index in [-0.39, 0.29) is 18.2 Å². The molecule has 4 N–H and O–H groups in total. The van der Waals surface area contributed by atoms with Crippen molar-refractivity contribution in [1.82, 2.24) is 15.3 Å². The quantitative estimate of drug-likeness (QED) is 0.381. The van der Waals surface area contributed by atoms with Gasteiger partial charge in [0.15, 0.2) is 0 Å². The van der Waals surface area contributed by atoms with Gasteiger partial charge in [-0.1, -0.05) is 20.8 Å². The summed E-state index contributed by atoms with van der Waals surface area (Å²) in [5.74, 6) is -1.13. The fourth-order valence-corrected chi connectivity index (χ4v) is 5.68. The summed E-state index contributed by atoms with van der Waals surface area (Å²) < 4.78 is 0. The summed E-state index contributed by atoms with van der Waals surface area (Å²) in [6.07, 6.45) is 8.56. The number of rotatable bonds is 9. The maximum atomic E-state index is 12.3. The number of aliphatic imine (C=N–C) groups is 1. The minimum Gasteiger partial charge on any atom is -0.481 e. The Balaban J connectivity index is 1.88. The summed E-state index contributed by atoms with van der Waals surface area (Å²) in [6.45, 7) is 13.8. The van der Waals surface area contributed by atoms with Gasteiger partial charge in [0.2, 0.25) is 0 Å². The number of nitrogens with one attached hydrogen (secondary N) is 3. The van der Waals surface area contributed by atoms with Crippen molar-refractivity contribution < 1.29 is 19.5 Å². The lowest BCUT2D eigenvalue weighted by Crippen LogP contribution is -2.15. The first kappa shape index (κ1) is 28.8. The minimum absolute atomic E-state index is 0.00451. The number of hydrogen-bond donors (Lipinski definition) is 4. The molecule has 0 unspecified atom stereocenters. The fraction of sp³-hybridized carbons (Fsp3) is 0.375. The Morgan fingerprint density at radius 1 is 0.800 bits per heavy atom. The van der Waals surface area contributed by atoms with Gasteiger partial charge in [0.25, 0.3) is 11.8 Å². The van der Waals surface area contributed by atoms with E-state index in [9.17, 15) is 19.5 Å². The smallest absolute Gasteiger partial charge is 0.303 e. The monoisotopic (exact) mass is 542 g/mol. The molecule has 0 fully saturated rings. The van der Waals surface area contributed by atoms with Gasteiger partial charge in [-0.3, -0.25) is 14.4 Å². The van der Waals surface area contributed by atoms with Crippen LogP contribution in [0.15, 0.2) is 33.0 Å². The van der Waals surface area contributed by atoms with Crippen LogP contribution in [0.4, 0.5) is 0 Å². The van der Waals surface area contributed by atoms with Gasteiger partial charge >= 0.3 is 5.97 Å². The zero-order chi connectivity index (χ0) is 29.3. The average Bonchev–Trinajstić information content (AvgIpc) is 3.55. The molecule has 0 saturated carbocycles. The van der Waals surface area contributed by atoms with Crippen LogP contribution in [0.25, 0.3) is 18.2 Å². The van der Waals surface area contributed by atoms with E-state index in [0.717, 1.165) is 79.6 Å². The Morgan fingerprint density at radius 3 is 2.12 bits per heavy atom. The van der Waals surface area contributed by atoms with E-state index >= 15 is 0 Å².